The Balaban J connectivity index is 3.19. The van der Waals surface area contributed by atoms with Crippen molar-refractivity contribution in [3.8, 4) is 0 Å². The average Bonchev–Trinajstić information content (AvgIpc) is 1.61. The Hall–Kier alpha value is -0.930. The fourth-order valence-corrected chi connectivity index (χ4v) is 0.213. The van der Waals surface area contributed by atoms with Crippen LogP contribution in [0.1, 0.15) is 0 Å². The van der Waals surface area contributed by atoms with Gasteiger partial charge in [0.2, 0.25) is 0 Å². The minimum absolute atomic E-state index is 0.0880. The summed E-state index contributed by atoms with van der Waals surface area (Å²) in [5.74, 6) is 0. The SMILES string of the molecule is Cn1[nH][nH]c1=O. The van der Waals surface area contributed by atoms with Crippen LogP contribution in [0.25, 0.3) is 0 Å². The van der Waals surface area contributed by atoms with Crippen molar-refractivity contribution >= 4 is 0 Å². The van der Waals surface area contributed by atoms with E-state index < -0.39 is 0 Å². The molecule has 0 aromatic carbocycles. The van der Waals surface area contributed by atoms with Gasteiger partial charge in [-0.25, -0.2) is 19.8 Å². The summed E-state index contributed by atoms with van der Waals surface area (Å²) in [5.41, 5.74) is -0.0880. The highest BCUT2D eigenvalue weighted by molar-refractivity contribution is 4.47. The van der Waals surface area contributed by atoms with Crippen LogP contribution in [0, 0.1) is 0 Å². The molecule has 0 atom stereocenters. The van der Waals surface area contributed by atoms with Crippen LogP contribution in [-0.2, 0) is 7.05 Å². The molecule has 0 unspecified atom stereocenters. The van der Waals surface area contributed by atoms with E-state index in [0.717, 1.165) is 0 Å². The zero-order chi connectivity index (χ0) is 4.57. The molecule has 0 saturated carbocycles. The van der Waals surface area contributed by atoms with Gasteiger partial charge in [0, 0.05) is 7.05 Å². The zero-order valence-corrected chi connectivity index (χ0v) is 3.36. The molecule has 34 valence electrons. The maximum Gasteiger partial charge on any atom is 0.356 e. The molecule has 2 N–H and O–H groups in total. The van der Waals surface area contributed by atoms with Crippen molar-refractivity contribution in [1.82, 2.24) is 15.0 Å². The fourth-order valence-electron chi connectivity index (χ4n) is 0.213. The highest BCUT2D eigenvalue weighted by Crippen LogP contribution is 1.48. The van der Waals surface area contributed by atoms with Gasteiger partial charge in [-0.1, -0.05) is 0 Å². The lowest BCUT2D eigenvalue weighted by atomic mass is 11.1. The van der Waals surface area contributed by atoms with E-state index >= 15 is 0 Å². The molecule has 6 heavy (non-hydrogen) atoms. The maximum atomic E-state index is 9.98. The van der Waals surface area contributed by atoms with Crippen molar-refractivity contribution in [1.29, 1.82) is 0 Å². The molecule has 0 aliphatic heterocycles. The number of hydrogen-bond acceptors (Lipinski definition) is 1. The van der Waals surface area contributed by atoms with Gasteiger partial charge in [-0.15, -0.1) is 0 Å². The van der Waals surface area contributed by atoms with Crippen molar-refractivity contribution in [2.75, 3.05) is 0 Å². The van der Waals surface area contributed by atoms with Crippen molar-refractivity contribution in [3.63, 3.8) is 0 Å². The molecule has 4 nitrogen and oxygen atoms in total. The number of rotatable bonds is 0. The van der Waals surface area contributed by atoms with E-state index in [-0.39, 0.29) is 5.69 Å². The topological polar surface area (TPSA) is 53.6 Å². The van der Waals surface area contributed by atoms with Gasteiger partial charge in [0.05, 0.1) is 0 Å². The monoisotopic (exact) mass is 87.0 g/mol. The molecule has 0 radical (unpaired) electrons. The summed E-state index contributed by atoms with van der Waals surface area (Å²) in [6, 6.07) is 0. The number of aromatic amines is 2. The number of aryl methyl sites for hydroxylation is 1. The quantitative estimate of drug-likeness (QED) is 0.420. The van der Waals surface area contributed by atoms with Gasteiger partial charge in [0.15, 0.2) is 0 Å². The number of H-pyrrole nitrogens is 2. The molecule has 0 aliphatic rings. The Morgan fingerprint density at radius 2 is 2.33 bits per heavy atom. The van der Waals surface area contributed by atoms with Crippen LogP contribution in [0.2, 0.25) is 0 Å². The Kier molecular flexibility index (Phi) is 0.418. The van der Waals surface area contributed by atoms with Gasteiger partial charge < -0.3 is 0 Å². The molecule has 0 aliphatic carbocycles. The minimum Gasteiger partial charge on any atom is -0.245 e. The van der Waals surface area contributed by atoms with E-state index in [2.05, 4.69) is 10.3 Å². The predicted octanol–water partition coefficient (Wildman–Crippen LogP) is -0.959. The first-order valence-corrected chi connectivity index (χ1v) is 1.60. The molecule has 0 fully saturated rings. The molecular formula is C2H5N3O. The normalized spacial score (nSPS) is 9.50. The lowest BCUT2D eigenvalue weighted by Gasteiger charge is -1.96. The Labute approximate surface area is 33.7 Å². The second-order valence-electron chi connectivity index (χ2n) is 1.10. The highest BCUT2D eigenvalue weighted by atomic mass is 16.2. The Morgan fingerprint density at radius 3 is 2.33 bits per heavy atom. The van der Waals surface area contributed by atoms with Crippen LogP contribution in [0.5, 0.6) is 0 Å². The summed E-state index contributed by atoms with van der Waals surface area (Å²) >= 11 is 0. The fraction of sp³-hybridized carbons (Fsp3) is 0.500. The summed E-state index contributed by atoms with van der Waals surface area (Å²) in [6.07, 6.45) is 0. The average molecular weight is 87.1 g/mol. The lowest BCUT2D eigenvalue weighted by molar-refractivity contribution is 0.534. The highest BCUT2D eigenvalue weighted by Gasteiger charge is 1.83. The molecule has 4 heteroatoms. The first-order chi connectivity index (χ1) is 2.80. The third-order valence-corrected chi connectivity index (χ3v) is 0.635. The van der Waals surface area contributed by atoms with E-state index in [1.165, 1.54) is 4.68 Å². The third kappa shape index (κ3) is 0.202. The Morgan fingerprint density at radius 1 is 1.83 bits per heavy atom. The second kappa shape index (κ2) is 0.767. The number of nitrogens with one attached hydrogen (secondary N) is 2. The van der Waals surface area contributed by atoms with Crippen LogP contribution in [0.4, 0.5) is 0 Å². The van der Waals surface area contributed by atoms with Crippen molar-refractivity contribution in [3.05, 3.63) is 10.5 Å². The summed E-state index contributed by atoms with van der Waals surface area (Å²) in [4.78, 5) is 9.98. The third-order valence-electron chi connectivity index (χ3n) is 0.635. The summed E-state index contributed by atoms with van der Waals surface area (Å²) < 4.78 is 1.35. The van der Waals surface area contributed by atoms with Crippen LogP contribution >= 0.6 is 0 Å². The van der Waals surface area contributed by atoms with Gasteiger partial charge >= 0.3 is 5.69 Å². The van der Waals surface area contributed by atoms with Gasteiger partial charge in [-0.05, 0) is 0 Å². The van der Waals surface area contributed by atoms with E-state index in [0.29, 0.717) is 0 Å². The summed E-state index contributed by atoms with van der Waals surface area (Å²) in [7, 11) is 1.64. The molecule has 1 aromatic rings. The summed E-state index contributed by atoms with van der Waals surface area (Å²) in [6.45, 7) is 0. The molecule has 0 amide bonds. The minimum atomic E-state index is -0.0880. The van der Waals surface area contributed by atoms with E-state index in [1.807, 2.05) is 0 Å². The predicted molar refractivity (Wildman–Crippen MR) is 20.4 cm³/mol. The number of nitrogens with zero attached hydrogens (tertiary/aromatic N) is 1. The molecule has 1 aromatic heterocycles. The Bertz CT molecular complexity index is 168. The first-order valence-electron chi connectivity index (χ1n) is 1.60. The molecule has 0 saturated heterocycles. The standard InChI is InChI=1S/C2H5N3O/c1-5-2(6)3-4-5/h4H,1H3,(H,3,6). The molecule has 1 heterocycles. The second-order valence-corrected chi connectivity index (χ2v) is 1.10. The van der Waals surface area contributed by atoms with Gasteiger partial charge in [0.25, 0.3) is 0 Å². The lowest BCUT2D eigenvalue weighted by Crippen LogP contribution is -2.30. The van der Waals surface area contributed by atoms with Crippen molar-refractivity contribution in [2.45, 2.75) is 0 Å². The molecule has 0 bridgehead atoms. The molecule has 1 rings (SSSR count). The van der Waals surface area contributed by atoms with Crippen LogP contribution < -0.4 is 5.69 Å². The van der Waals surface area contributed by atoms with Crippen molar-refractivity contribution in [2.24, 2.45) is 7.05 Å². The number of hydrogen-bond donors (Lipinski definition) is 2. The van der Waals surface area contributed by atoms with E-state index in [9.17, 15) is 4.79 Å². The first kappa shape index (κ1) is 3.27. The molecule has 0 spiro atoms. The van der Waals surface area contributed by atoms with E-state index in [1.54, 1.807) is 7.05 Å². The van der Waals surface area contributed by atoms with E-state index in [4.69, 9.17) is 0 Å². The largest absolute Gasteiger partial charge is 0.356 e. The van der Waals surface area contributed by atoms with Crippen molar-refractivity contribution < 1.29 is 0 Å². The van der Waals surface area contributed by atoms with Gasteiger partial charge in [-0.2, -0.15) is 0 Å². The van der Waals surface area contributed by atoms with Crippen LogP contribution in [0.3, 0.4) is 0 Å². The number of aromatic nitrogens is 3. The van der Waals surface area contributed by atoms with Gasteiger partial charge in [-0.3, -0.25) is 0 Å². The molecular weight excluding hydrogens is 82.0 g/mol. The maximum absolute atomic E-state index is 9.98. The van der Waals surface area contributed by atoms with Crippen LogP contribution in [0.15, 0.2) is 4.79 Å². The van der Waals surface area contributed by atoms with Gasteiger partial charge in [0.1, 0.15) is 0 Å². The smallest absolute Gasteiger partial charge is 0.245 e. The van der Waals surface area contributed by atoms with Crippen LogP contribution in [-0.4, -0.2) is 15.0 Å². The summed E-state index contributed by atoms with van der Waals surface area (Å²) in [5, 5.41) is 4.79. The zero-order valence-electron chi connectivity index (χ0n) is 3.36.